The van der Waals surface area contributed by atoms with Gasteiger partial charge < -0.3 is 19.9 Å². The van der Waals surface area contributed by atoms with Gasteiger partial charge in [0, 0.05) is 19.6 Å². The van der Waals surface area contributed by atoms with Crippen LogP contribution in [-0.4, -0.2) is 30.4 Å². The summed E-state index contributed by atoms with van der Waals surface area (Å²) < 4.78 is 16.4. The lowest BCUT2D eigenvalue weighted by atomic mass is 10.1. The maximum absolute atomic E-state index is 5.79. The third-order valence-corrected chi connectivity index (χ3v) is 2.72. The van der Waals surface area contributed by atoms with E-state index in [0.29, 0.717) is 24.1 Å². The molecule has 0 amide bonds. The molecule has 0 aromatic carbocycles. The molecule has 0 fully saturated rings. The number of nitrogens with two attached hydrogens (primary N) is 1. The van der Waals surface area contributed by atoms with Crippen molar-refractivity contribution in [2.45, 2.75) is 45.8 Å². The SMILES string of the molecule is COC(C)(C)CCOc1ccc(N)c(OC(C)C)n1. The Balaban J connectivity index is 2.59. The number of nitrogens with zero attached hydrogens (tertiary/aromatic N) is 1. The Labute approximate surface area is 115 Å². The molecule has 5 heteroatoms. The maximum atomic E-state index is 5.79. The Bertz CT molecular complexity index is 406. The first-order valence-corrected chi connectivity index (χ1v) is 6.45. The number of methoxy groups -OCH3 is 1. The van der Waals surface area contributed by atoms with Crippen LogP contribution in [0.25, 0.3) is 0 Å². The van der Waals surface area contributed by atoms with Crippen molar-refractivity contribution in [3.8, 4) is 11.8 Å². The molecule has 1 aromatic heterocycles. The molecule has 0 aliphatic carbocycles. The fourth-order valence-corrected chi connectivity index (χ4v) is 1.34. The Morgan fingerprint density at radius 3 is 2.58 bits per heavy atom. The highest BCUT2D eigenvalue weighted by Gasteiger charge is 2.16. The lowest BCUT2D eigenvalue weighted by molar-refractivity contribution is 0.00504. The lowest BCUT2D eigenvalue weighted by Crippen LogP contribution is -2.25. The predicted molar refractivity (Wildman–Crippen MR) is 75.6 cm³/mol. The zero-order chi connectivity index (χ0) is 14.5. The molecule has 2 N–H and O–H groups in total. The molecule has 0 aliphatic rings. The summed E-state index contributed by atoms with van der Waals surface area (Å²) in [6.45, 7) is 8.41. The van der Waals surface area contributed by atoms with Crippen molar-refractivity contribution < 1.29 is 14.2 Å². The molecule has 0 saturated heterocycles. The molecule has 0 spiro atoms. The van der Waals surface area contributed by atoms with Gasteiger partial charge in [-0.15, -0.1) is 0 Å². The molecule has 19 heavy (non-hydrogen) atoms. The van der Waals surface area contributed by atoms with E-state index in [-0.39, 0.29) is 11.7 Å². The van der Waals surface area contributed by atoms with Gasteiger partial charge in [-0.25, -0.2) is 0 Å². The second kappa shape index (κ2) is 6.61. The van der Waals surface area contributed by atoms with Crippen molar-refractivity contribution in [2.24, 2.45) is 0 Å². The van der Waals surface area contributed by atoms with Gasteiger partial charge in [-0.1, -0.05) is 0 Å². The van der Waals surface area contributed by atoms with E-state index in [4.69, 9.17) is 19.9 Å². The summed E-state index contributed by atoms with van der Waals surface area (Å²) >= 11 is 0. The first kappa shape index (κ1) is 15.6. The van der Waals surface area contributed by atoms with Crippen LogP contribution >= 0.6 is 0 Å². The molecule has 0 aliphatic heterocycles. The van der Waals surface area contributed by atoms with Gasteiger partial charge in [0.15, 0.2) is 0 Å². The molecule has 0 atom stereocenters. The summed E-state index contributed by atoms with van der Waals surface area (Å²) in [6, 6.07) is 3.48. The van der Waals surface area contributed by atoms with E-state index < -0.39 is 0 Å². The van der Waals surface area contributed by atoms with Gasteiger partial charge in [0.1, 0.15) is 0 Å². The van der Waals surface area contributed by atoms with E-state index in [1.807, 2.05) is 27.7 Å². The zero-order valence-corrected chi connectivity index (χ0v) is 12.4. The third-order valence-electron chi connectivity index (χ3n) is 2.72. The van der Waals surface area contributed by atoms with Crippen molar-refractivity contribution in [3.05, 3.63) is 12.1 Å². The highest BCUT2D eigenvalue weighted by Crippen LogP contribution is 2.23. The fourth-order valence-electron chi connectivity index (χ4n) is 1.34. The summed E-state index contributed by atoms with van der Waals surface area (Å²) in [5.74, 6) is 0.926. The van der Waals surface area contributed by atoms with Crippen LogP contribution in [0.3, 0.4) is 0 Å². The van der Waals surface area contributed by atoms with E-state index >= 15 is 0 Å². The highest BCUT2D eigenvalue weighted by molar-refractivity contribution is 5.49. The van der Waals surface area contributed by atoms with Crippen molar-refractivity contribution in [3.63, 3.8) is 0 Å². The van der Waals surface area contributed by atoms with Gasteiger partial charge >= 0.3 is 0 Å². The van der Waals surface area contributed by atoms with Crippen molar-refractivity contribution in [1.29, 1.82) is 0 Å². The number of anilines is 1. The van der Waals surface area contributed by atoms with E-state index in [0.717, 1.165) is 6.42 Å². The van der Waals surface area contributed by atoms with Gasteiger partial charge in [0.25, 0.3) is 0 Å². The van der Waals surface area contributed by atoms with Crippen molar-refractivity contribution in [1.82, 2.24) is 4.98 Å². The van der Waals surface area contributed by atoms with E-state index in [9.17, 15) is 0 Å². The largest absolute Gasteiger partial charge is 0.477 e. The molecule has 0 radical (unpaired) electrons. The van der Waals surface area contributed by atoms with Crippen LogP contribution in [0.5, 0.6) is 11.8 Å². The smallest absolute Gasteiger partial charge is 0.240 e. The van der Waals surface area contributed by atoms with Gasteiger partial charge in [0.2, 0.25) is 11.8 Å². The average Bonchev–Trinajstić information content (AvgIpc) is 2.32. The molecule has 108 valence electrons. The second-order valence-corrected chi connectivity index (χ2v) is 5.27. The van der Waals surface area contributed by atoms with E-state index in [2.05, 4.69) is 4.98 Å². The van der Waals surface area contributed by atoms with Gasteiger partial charge in [-0.2, -0.15) is 4.98 Å². The third kappa shape index (κ3) is 5.34. The Morgan fingerprint density at radius 2 is 2.00 bits per heavy atom. The number of hydrogen-bond donors (Lipinski definition) is 1. The first-order valence-electron chi connectivity index (χ1n) is 6.45. The summed E-state index contributed by atoms with van der Waals surface area (Å²) in [5, 5.41) is 0. The molecular weight excluding hydrogens is 244 g/mol. The first-order chi connectivity index (χ1) is 8.84. The predicted octanol–water partition coefficient (Wildman–Crippen LogP) is 2.64. The quantitative estimate of drug-likeness (QED) is 0.823. The standard InChI is InChI=1S/C14H24N2O3/c1-10(2)19-13-11(15)6-7-12(16-13)18-9-8-14(3,4)17-5/h6-7,10H,8-9,15H2,1-5H3. The van der Waals surface area contributed by atoms with Crippen LogP contribution in [-0.2, 0) is 4.74 Å². The molecule has 1 aromatic rings. The van der Waals surface area contributed by atoms with Crippen molar-refractivity contribution in [2.75, 3.05) is 19.5 Å². The summed E-state index contributed by atoms with van der Waals surface area (Å²) in [4.78, 5) is 4.25. The summed E-state index contributed by atoms with van der Waals surface area (Å²) in [5.41, 5.74) is 6.10. The van der Waals surface area contributed by atoms with Crippen LogP contribution < -0.4 is 15.2 Å². The summed E-state index contributed by atoms with van der Waals surface area (Å²) in [6.07, 6.45) is 0.799. The van der Waals surface area contributed by atoms with Crippen LogP contribution in [0.15, 0.2) is 12.1 Å². The van der Waals surface area contributed by atoms with Crippen LogP contribution in [0.1, 0.15) is 34.1 Å². The fraction of sp³-hybridized carbons (Fsp3) is 0.643. The van der Waals surface area contributed by atoms with Gasteiger partial charge in [-0.3, -0.25) is 0 Å². The monoisotopic (exact) mass is 268 g/mol. The minimum absolute atomic E-state index is 0.0254. The minimum Gasteiger partial charge on any atom is -0.477 e. The van der Waals surface area contributed by atoms with E-state index in [1.165, 1.54) is 0 Å². The Hall–Kier alpha value is -1.49. The van der Waals surface area contributed by atoms with Crippen molar-refractivity contribution >= 4 is 5.69 Å². The number of pyridine rings is 1. The number of hydrogen-bond acceptors (Lipinski definition) is 5. The molecular formula is C14H24N2O3. The van der Waals surface area contributed by atoms with E-state index in [1.54, 1.807) is 19.2 Å². The zero-order valence-electron chi connectivity index (χ0n) is 12.4. The molecule has 0 saturated carbocycles. The average molecular weight is 268 g/mol. The Kier molecular flexibility index (Phi) is 5.42. The van der Waals surface area contributed by atoms with Crippen LogP contribution in [0, 0.1) is 0 Å². The molecule has 0 unspecified atom stereocenters. The number of nitrogen functional groups attached to an aromatic ring is 1. The van der Waals surface area contributed by atoms with Crippen LogP contribution in [0.4, 0.5) is 5.69 Å². The van der Waals surface area contributed by atoms with Gasteiger partial charge in [0.05, 0.1) is 24.0 Å². The highest BCUT2D eigenvalue weighted by atomic mass is 16.5. The minimum atomic E-state index is -0.203. The summed E-state index contributed by atoms with van der Waals surface area (Å²) in [7, 11) is 1.69. The van der Waals surface area contributed by atoms with Crippen LogP contribution in [0.2, 0.25) is 0 Å². The Morgan fingerprint density at radius 1 is 1.32 bits per heavy atom. The maximum Gasteiger partial charge on any atom is 0.240 e. The lowest BCUT2D eigenvalue weighted by Gasteiger charge is -2.22. The second-order valence-electron chi connectivity index (χ2n) is 5.27. The number of rotatable bonds is 7. The molecule has 0 bridgehead atoms. The molecule has 1 heterocycles. The van der Waals surface area contributed by atoms with Gasteiger partial charge in [-0.05, 0) is 33.8 Å². The number of aromatic nitrogens is 1. The number of ether oxygens (including phenoxy) is 3. The molecule has 5 nitrogen and oxygen atoms in total. The topological polar surface area (TPSA) is 66.6 Å². The normalized spacial score (nSPS) is 11.7. The molecule has 1 rings (SSSR count).